The minimum Gasteiger partial charge on any atom is -0.493 e. The van der Waals surface area contributed by atoms with Crippen molar-refractivity contribution in [3.05, 3.63) is 200 Å². The first-order chi connectivity index (χ1) is 27.3. The fourth-order valence-corrected chi connectivity index (χ4v) is 9.07. The molecule has 3 heterocycles. The highest BCUT2D eigenvalue weighted by Gasteiger charge is 2.44. The van der Waals surface area contributed by atoms with E-state index in [9.17, 15) is 0 Å². The second kappa shape index (κ2) is 12.9. The van der Waals surface area contributed by atoms with Crippen LogP contribution in [0.1, 0.15) is 5.56 Å². The summed E-state index contributed by atoms with van der Waals surface area (Å²) in [4.78, 5) is 7.44. The van der Waals surface area contributed by atoms with Crippen molar-refractivity contribution in [2.75, 3.05) is 21.3 Å². The van der Waals surface area contributed by atoms with Crippen LogP contribution in [0.3, 0.4) is 0 Å². The van der Waals surface area contributed by atoms with Crippen LogP contribution in [0.4, 0.5) is 51.2 Å². The molecular formula is C50H36BN3O. The topological polar surface area (TPSA) is 19.0 Å². The Bertz CT molecular complexity index is 2590. The molecule has 4 nitrogen and oxygen atoms in total. The van der Waals surface area contributed by atoms with Crippen molar-refractivity contribution in [1.82, 2.24) is 0 Å². The SMILES string of the molecule is c1ccc(-c2ccc3c(c2N(c2ccccc2)c2cc4c5c(c2)N(c2ccccc2)c2ccccc2B5c2ccccc2N4c2ccccc2)CCO3)cc1. The molecule has 0 saturated carbocycles. The van der Waals surface area contributed by atoms with Crippen molar-refractivity contribution in [3.8, 4) is 16.9 Å². The van der Waals surface area contributed by atoms with Gasteiger partial charge in [0.05, 0.1) is 18.0 Å². The zero-order valence-electron chi connectivity index (χ0n) is 30.2. The van der Waals surface area contributed by atoms with E-state index in [1.807, 2.05) is 0 Å². The summed E-state index contributed by atoms with van der Waals surface area (Å²) >= 11 is 0. The Kier molecular flexibility index (Phi) is 7.37. The summed E-state index contributed by atoms with van der Waals surface area (Å²) in [6, 6.07) is 70.5. The van der Waals surface area contributed by atoms with Crippen LogP contribution in [0.25, 0.3) is 11.1 Å². The molecule has 0 saturated heterocycles. The molecule has 11 rings (SSSR count). The van der Waals surface area contributed by atoms with Crippen LogP contribution in [-0.2, 0) is 6.42 Å². The standard InChI is InChI=1S/C50H36BN3O/c1-5-17-35(18-6-1)40-29-30-48-41(31-32-55-48)50(40)52(36-19-7-2-8-20-36)39-33-46-49-47(34-39)54(38-23-11-4-12-24-38)45-28-16-14-26-43(45)51(49)42-25-13-15-27-44(42)53(46)37-21-9-3-10-22-37/h1-30,33-34H,31-32H2. The van der Waals surface area contributed by atoms with E-state index < -0.39 is 0 Å². The average molecular weight is 706 g/mol. The molecule has 3 aliphatic rings. The highest BCUT2D eigenvalue weighted by Crippen LogP contribution is 2.51. The number of rotatable bonds is 6. The van der Waals surface area contributed by atoms with Crippen LogP contribution in [0.2, 0.25) is 0 Å². The van der Waals surface area contributed by atoms with Crippen LogP contribution in [0.5, 0.6) is 5.75 Å². The van der Waals surface area contributed by atoms with E-state index in [1.165, 1.54) is 55.8 Å². The maximum absolute atomic E-state index is 6.30. The number of benzene rings is 8. The van der Waals surface area contributed by atoms with E-state index in [0.29, 0.717) is 6.61 Å². The Morgan fingerprint density at radius 3 is 1.56 bits per heavy atom. The largest absolute Gasteiger partial charge is 0.493 e. The van der Waals surface area contributed by atoms with Gasteiger partial charge in [-0.15, -0.1) is 0 Å². The van der Waals surface area contributed by atoms with Crippen LogP contribution in [0, 0.1) is 0 Å². The van der Waals surface area contributed by atoms with Gasteiger partial charge in [0.2, 0.25) is 0 Å². The van der Waals surface area contributed by atoms with Crippen LogP contribution < -0.4 is 35.8 Å². The summed E-state index contributed by atoms with van der Waals surface area (Å²) in [6.07, 6.45) is 0.835. The van der Waals surface area contributed by atoms with Crippen LogP contribution >= 0.6 is 0 Å². The van der Waals surface area contributed by atoms with Crippen LogP contribution in [-0.4, -0.2) is 13.3 Å². The molecule has 0 N–H and O–H groups in total. The summed E-state index contributed by atoms with van der Waals surface area (Å²) in [5, 5.41) is 0. The highest BCUT2D eigenvalue weighted by molar-refractivity contribution is 7.00. The van der Waals surface area contributed by atoms with E-state index in [-0.39, 0.29) is 6.71 Å². The first-order valence-electron chi connectivity index (χ1n) is 19.1. The zero-order valence-corrected chi connectivity index (χ0v) is 30.2. The number of nitrogens with zero attached hydrogens (tertiary/aromatic N) is 3. The normalized spacial score (nSPS) is 13.3. The molecule has 0 radical (unpaired) electrons. The molecule has 8 aromatic carbocycles. The summed E-state index contributed by atoms with van der Waals surface area (Å²) in [5.74, 6) is 0.953. The Labute approximate surface area is 322 Å². The van der Waals surface area contributed by atoms with E-state index in [1.54, 1.807) is 0 Å². The lowest BCUT2D eigenvalue weighted by Crippen LogP contribution is -2.61. The molecule has 3 aliphatic heterocycles. The molecular weight excluding hydrogens is 669 g/mol. The molecule has 0 unspecified atom stereocenters. The van der Waals surface area contributed by atoms with Crippen LogP contribution in [0.15, 0.2) is 194 Å². The third-order valence-electron chi connectivity index (χ3n) is 11.3. The van der Waals surface area contributed by atoms with Gasteiger partial charge in [0.1, 0.15) is 5.75 Å². The first-order valence-corrected chi connectivity index (χ1v) is 19.1. The van der Waals surface area contributed by atoms with Gasteiger partial charge in [-0.1, -0.05) is 121 Å². The number of fused-ring (bicyclic) bond motifs is 5. The zero-order chi connectivity index (χ0) is 36.3. The van der Waals surface area contributed by atoms with E-state index in [0.717, 1.165) is 40.6 Å². The molecule has 5 heteroatoms. The van der Waals surface area contributed by atoms with Crippen molar-refractivity contribution < 1.29 is 4.74 Å². The lowest BCUT2D eigenvalue weighted by atomic mass is 9.33. The maximum atomic E-state index is 6.30. The highest BCUT2D eigenvalue weighted by atomic mass is 16.5. The first kappa shape index (κ1) is 31.5. The second-order valence-electron chi connectivity index (χ2n) is 14.4. The maximum Gasteiger partial charge on any atom is 0.252 e. The molecule has 0 fully saturated rings. The lowest BCUT2D eigenvalue weighted by Gasteiger charge is -2.45. The van der Waals surface area contributed by atoms with Gasteiger partial charge < -0.3 is 19.4 Å². The molecule has 8 aromatic rings. The van der Waals surface area contributed by atoms with E-state index >= 15 is 0 Å². The van der Waals surface area contributed by atoms with Gasteiger partial charge in [0, 0.05) is 57.4 Å². The van der Waals surface area contributed by atoms with Gasteiger partial charge in [-0.25, -0.2) is 0 Å². The summed E-state index contributed by atoms with van der Waals surface area (Å²) < 4.78 is 6.30. The second-order valence-corrected chi connectivity index (χ2v) is 14.4. The number of hydrogen-bond donors (Lipinski definition) is 0. The van der Waals surface area contributed by atoms with Gasteiger partial charge in [0.15, 0.2) is 0 Å². The quantitative estimate of drug-likeness (QED) is 0.160. The van der Waals surface area contributed by atoms with Gasteiger partial charge in [-0.3, -0.25) is 0 Å². The minimum absolute atomic E-state index is 0.0470. The fraction of sp³-hybridized carbons (Fsp3) is 0.0400. The fourth-order valence-electron chi connectivity index (χ4n) is 9.07. The van der Waals surface area contributed by atoms with Crippen molar-refractivity contribution in [1.29, 1.82) is 0 Å². The van der Waals surface area contributed by atoms with E-state index in [2.05, 4.69) is 209 Å². The number of para-hydroxylation sites is 5. The van der Waals surface area contributed by atoms with Crippen molar-refractivity contribution in [3.63, 3.8) is 0 Å². The molecule has 0 aromatic heterocycles. The molecule has 55 heavy (non-hydrogen) atoms. The Balaban J connectivity index is 1.27. The van der Waals surface area contributed by atoms with Crippen molar-refractivity contribution in [2.45, 2.75) is 6.42 Å². The van der Waals surface area contributed by atoms with Crippen molar-refractivity contribution >= 4 is 74.3 Å². The summed E-state index contributed by atoms with van der Waals surface area (Å²) in [7, 11) is 0. The summed E-state index contributed by atoms with van der Waals surface area (Å²) in [5.41, 5.74) is 17.8. The third kappa shape index (κ3) is 5.00. The smallest absolute Gasteiger partial charge is 0.252 e. The number of ether oxygens (including phenoxy) is 1. The monoisotopic (exact) mass is 705 g/mol. The molecule has 0 atom stereocenters. The van der Waals surface area contributed by atoms with Gasteiger partial charge in [-0.05, 0) is 94.7 Å². The molecule has 0 bridgehead atoms. The molecule has 0 aliphatic carbocycles. The Morgan fingerprint density at radius 2 is 0.982 bits per heavy atom. The van der Waals surface area contributed by atoms with E-state index in [4.69, 9.17) is 4.74 Å². The molecule has 0 amide bonds. The van der Waals surface area contributed by atoms with Gasteiger partial charge >= 0.3 is 0 Å². The Hall–Kier alpha value is -6.98. The number of hydrogen-bond acceptors (Lipinski definition) is 4. The summed E-state index contributed by atoms with van der Waals surface area (Å²) in [6.45, 7) is 0.711. The van der Waals surface area contributed by atoms with Crippen molar-refractivity contribution in [2.24, 2.45) is 0 Å². The number of anilines is 9. The third-order valence-corrected chi connectivity index (χ3v) is 11.3. The predicted octanol–water partition coefficient (Wildman–Crippen LogP) is 10.8. The predicted molar refractivity (Wildman–Crippen MR) is 230 cm³/mol. The van der Waals surface area contributed by atoms with Gasteiger partial charge in [0.25, 0.3) is 6.71 Å². The molecule has 260 valence electrons. The minimum atomic E-state index is 0.0470. The van der Waals surface area contributed by atoms with Gasteiger partial charge in [-0.2, -0.15) is 0 Å². The average Bonchev–Trinajstić information content (AvgIpc) is 3.75. The molecule has 0 spiro atoms. The Morgan fingerprint density at radius 1 is 0.473 bits per heavy atom. The lowest BCUT2D eigenvalue weighted by molar-refractivity contribution is 0.357.